The number of halogens is 1. The standard InChI is InChI=1S/C24H20BrN3O/c25-19-12-10-17(11-13-19)15-28-22-9-5-4-8-21(22)26-24(28)18-14-23(29)27(16-18)20-6-2-1-3-7-20/h1-13,18H,14-16H2. The van der Waals surface area contributed by atoms with Crippen molar-refractivity contribution in [2.75, 3.05) is 11.4 Å². The van der Waals surface area contributed by atoms with E-state index in [1.165, 1.54) is 5.56 Å². The smallest absolute Gasteiger partial charge is 0.227 e. The van der Waals surface area contributed by atoms with Crippen LogP contribution in [0.5, 0.6) is 0 Å². The molecule has 144 valence electrons. The van der Waals surface area contributed by atoms with E-state index in [2.05, 4.69) is 50.8 Å². The van der Waals surface area contributed by atoms with E-state index in [1.807, 2.05) is 53.4 Å². The summed E-state index contributed by atoms with van der Waals surface area (Å²) in [6, 6.07) is 26.5. The Balaban J connectivity index is 1.53. The Bertz CT molecular complexity index is 1170. The van der Waals surface area contributed by atoms with Gasteiger partial charge >= 0.3 is 0 Å². The summed E-state index contributed by atoms with van der Waals surface area (Å²) < 4.78 is 3.34. The minimum Gasteiger partial charge on any atom is -0.323 e. The second kappa shape index (κ2) is 7.48. The first-order chi connectivity index (χ1) is 14.2. The van der Waals surface area contributed by atoms with E-state index in [4.69, 9.17) is 4.98 Å². The molecular weight excluding hydrogens is 426 g/mol. The fourth-order valence-electron chi connectivity index (χ4n) is 4.08. The number of amides is 1. The molecule has 0 spiro atoms. The predicted octanol–water partition coefficient (Wildman–Crippen LogP) is 5.37. The average molecular weight is 446 g/mol. The fraction of sp³-hybridized carbons (Fsp3) is 0.167. The molecule has 4 nitrogen and oxygen atoms in total. The Morgan fingerprint density at radius 1 is 0.931 bits per heavy atom. The predicted molar refractivity (Wildman–Crippen MR) is 119 cm³/mol. The molecule has 1 aliphatic heterocycles. The van der Waals surface area contributed by atoms with Gasteiger partial charge in [0.2, 0.25) is 5.91 Å². The number of imidazole rings is 1. The van der Waals surface area contributed by atoms with Crippen LogP contribution in [0.1, 0.15) is 23.7 Å². The largest absolute Gasteiger partial charge is 0.323 e. The number of carbonyl (C=O) groups is 1. The van der Waals surface area contributed by atoms with Gasteiger partial charge in [-0.05, 0) is 42.0 Å². The number of hydrogen-bond acceptors (Lipinski definition) is 2. The molecule has 5 rings (SSSR count). The van der Waals surface area contributed by atoms with E-state index in [9.17, 15) is 4.79 Å². The highest BCUT2D eigenvalue weighted by Gasteiger charge is 2.34. The molecule has 1 saturated heterocycles. The third kappa shape index (κ3) is 3.47. The van der Waals surface area contributed by atoms with Gasteiger partial charge in [0.25, 0.3) is 0 Å². The number of benzene rings is 3. The van der Waals surface area contributed by atoms with Crippen LogP contribution in [0, 0.1) is 0 Å². The topological polar surface area (TPSA) is 38.1 Å². The third-order valence-corrected chi connectivity index (χ3v) is 6.02. The minimum atomic E-state index is 0.0746. The number of para-hydroxylation sites is 3. The lowest BCUT2D eigenvalue weighted by atomic mass is 10.1. The first-order valence-electron chi connectivity index (χ1n) is 9.74. The van der Waals surface area contributed by atoms with Gasteiger partial charge in [0.05, 0.1) is 11.0 Å². The van der Waals surface area contributed by atoms with Gasteiger partial charge in [-0.1, -0.05) is 58.4 Å². The second-order valence-electron chi connectivity index (χ2n) is 7.41. The van der Waals surface area contributed by atoms with Gasteiger partial charge in [-0.15, -0.1) is 0 Å². The van der Waals surface area contributed by atoms with Gasteiger partial charge in [-0.25, -0.2) is 4.98 Å². The normalized spacial score (nSPS) is 16.7. The molecule has 0 radical (unpaired) electrons. The Morgan fingerprint density at radius 3 is 2.45 bits per heavy atom. The molecule has 0 bridgehead atoms. The molecule has 29 heavy (non-hydrogen) atoms. The van der Waals surface area contributed by atoms with Crippen LogP contribution < -0.4 is 4.90 Å². The summed E-state index contributed by atoms with van der Waals surface area (Å²) in [4.78, 5) is 19.6. The molecule has 3 aromatic carbocycles. The number of nitrogens with zero attached hydrogens (tertiary/aromatic N) is 3. The van der Waals surface area contributed by atoms with Gasteiger partial charge in [-0.3, -0.25) is 4.79 Å². The Labute approximate surface area is 177 Å². The van der Waals surface area contributed by atoms with Crippen molar-refractivity contribution in [3.05, 3.63) is 94.7 Å². The SMILES string of the molecule is O=C1CC(c2nc3ccccc3n2Cc2ccc(Br)cc2)CN1c1ccccc1. The molecule has 1 atom stereocenters. The molecule has 1 aliphatic rings. The van der Waals surface area contributed by atoms with Crippen LogP contribution in [0.4, 0.5) is 5.69 Å². The van der Waals surface area contributed by atoms with Crippen molar-refractivity contribution in [1.82, 2.24) is 9.55 Å². The maximum absolute atomic E-state index is 12.8. The molecule has 1 aromatic heterocycles. The number of hydrogen-bond donors (Lipinski definition) is 0. The van der Waals surface area contributed by atoms with Crippen LogP contribution in [0.2, 0.25) is 0 Å². The molecule has 0 saturated carbocycles. The molecule has 1 fully saturated rings. The highest BCUT2D eigenvalue weighted by Crippen LogP contribution is 2.33. The summed E-state index contributed by atoms with van der Waals surface area (Å²) >= 11 is 3.50. The number of rotatable bonds is 4. The average Bonchev–Trinajstić information content (AvgIpc) is 3.31. The highest BCUT2D eigenvalue weighted by atomic mass is 79.9. The summed E-state index contributed by atoms with van der Waals surface area (Å²) in [5.41, 5.74) is 4.25. The van der Waals surface area contributed by atoms with E-state index >= 15 is 0 Å². The van der Waals surface area contributed by atoms with Crippen LogP contribution in [0.15, 0.2) is 83.3 Å². The fourth-order valence-corrected chi connectivity index (χ4v) is 4.35. The number of carbonyl (C=O) groups excluding carboxylic acids is 1. The van der Waals surface area contributed by atoms with Gasteiger partial charge in [0, 0.05) is 35.6 Å². The van der Waals surface area contributed by atoms with Crippen molar-refractivity contribution in [1.29, 1.82) is 0 Å². The number of fused-ring (bicyclic) bond motifs is 1. The minimum absolute atomic E-state index is 0.0746. The maximum Gasteiger partial charge on any atom is 0.227 e. The third-order valence-electron chi connectivity index (χ3n) is 5.50. The van der Waals surface area contributed by atoms with Gasteiger partial charge in [0.1, 0.15) is 5.82 Å². The van der Waals surface area contributed by atoms with E-state index in [0.717, 1.165) is 33.6 Å². The monoisotopic (exact) mass is 445 g/mol. The van der Waals surface area contributed by atoms with Crippen LogP contribution in [-0.2, 0) is 11.3 Å². The summed E-state index contributed by atoms with van der Waals surface area (Å²) in [6.07, 6.45) is 0.485. The van der Waals surface area contributed by atoms with Crippen LogP contribution >= 0.6 is 15.9 Å². The molecule has 1 amide bonds. The van der Waals surface area contributed by atoms with Crippen molar-refractivity contribution in [2.24, 2.45) is 0 Å². The summed E-state index contributed by atoms with van der Waals surface area (Å²) in [6.45, 7) is 1.39. The van der Waals surface area contributed by atoms with Crippen LogP contribution in [-0.4, -0.2) is 22.0 Å². The number of anilines is 1. The Hall–Kier alpha value is -2.92. The summed E-state index contributed by atoms with van der Waals surface area (Å²) in [5.74, 6) is 1.22. The van der Waals surface area contributed by atoms with Crippen LogP contribution in [0.3, 0.4) is 0 Å². The van der Waals surface area contributed by atoms with Gasteiger partial charge < -0.3 is 9.47 Å². The van der Waals surface area contributed by atoms with E-state index in [0.29, 0.717) is 13.0 Å². The zero-order valence-electron chi connectivity index (χ0n) is 15.8. The lowest BCUT2D eigenvalue weighted by Gasteiger charge is -2.17. The van der Waals surface area contributed by atoms with Crippen molar-refractivity contribution in [3.63, 3.8) is 0 Å². The Morgan fingerprint density at radius 2 is 1.66 bits per heavy atom. The van der Waals surface area contributed by atoms with Crippen molar-refractivity contribution in [2.45, 2.75) is 18.9 Å². The van der Waals surface area contributed by atoms with Crippen molar-refractivity contribution in [3.8, 4) is 0 Å². The quantitative estimate of drug-likeness (QED) is 0.423. The summed E-state index contributed by atoms with van der Waals surface area (Å²) in [7, 11) is 0. The maximum atomic E-state index is 12.8. The van der Waals surface area contributed by atoms with Gasteiger partial charge in [-0.2, -0.15) is 0 Å². The number of aromatic nitrogens is 2. The molecule has 1 unspecified atom stereocenters. The zero-order chi connectivity index (χ0) is 19.8. The van der Waals surface area contributed by atoms with E-state index in [1.54, 1.807) is 0 Å². The summed E-state index contributed by atoms with van der Waals surface area (Å²) in [5, 5.41) is 0. The first-order valence-corrected chi connectivity index (χ1v) is 10.5. The zero-order valence-corrected chi connectivity index (χ0v) is 17.4. The van der Waals surface area contributed by atoms with Gasteiger partial charge in [0.15, 0.2) is 0 Å². The van der Waals surface area contributed by atoms with E-state index < -0.39 is 0 Å². The highest BCUT2D eigenvalue weighted by molar-refractivity contribution is 9.10. The van der Waals surface area contributed by atoms with E-state index in [-0.39, 0.29) is 11.8 Å². The first kappa shape index (κ1) is 18.1. The molecule has 5 heteroatoms. The van der Waals surface area contributed by atoms with Crippen LogP contribution in [0.25, 0.3) is 11.0 Å². The molecular formula is C24H20BrN3O. The molecule has 2 heterocycles. The molecule has 4 aromatic rings. The Kier molecular flexibility index (Phi) is 4.68. The molecule has 0 N–H and O–H groups in total. The van der Waals surface area contributed by atoms with Crippen molar-refractivity contribution >= 4 is 38.6 Å². The lowest BCUT2D eigenvalue weighted by Crippen LogP contribution is -2.24. The lowest BCUT2D eigenvalue weighted by molar-refractivity contribution is -0.117. The van der Waals surface area contributed by atoms with Crippen molar-refractivity contribution < 1.29 is 4.79 Å². The second-order valence-corrected chi connectivity index (χ2v) is 8.33. The molecule has 0 aliphatic carbocycles.